The quantitative estimate of drug-likeness (QED) is 0.297. The second-order valence-corrected chi connectivity index (χ2v) is 10.1. The number of ether oxygens (including phenoxy) is 1. The SMILES string of the molecule is CCN1/C(=C\C=C2C=C(/C=C3\Sc4ccccc4[N+]3(C)CC)OC/2=O)Sc2ccccc21. The Kier molecular flexibility index (Phi) is 5.53. The number of quaternary nitrogens is 1. The first kappa shape index (κ1) is 21.2. The van der Waals surface area contributed by atoms with Crippen molar-refractivity contribution in [3.63, 3.8) is 0 Å². The average molecular weight is 462 g/mol. The van der Waals surface area contributed by atoms with Crippen molar-refractivity contribution >= 4 is 40.9 Å². The van der Waals surface area contributed by atoms with E-state index in [-0.39, 0.29) is 5.97 Å². The van der Waals surface area contributed by atoms with Gasteiger partial charge in [-0.1, -0.05) is 36.0 Å². The highest BCUT2D eigenvalue weighted by atomic mass is 32.2. The number of cyclic esters (lactones) is 1. The summed E-state index contributed by atoms with van der Waals surface area (Å²) in [5.74, 6) is 0.297. The van der Waals surface area contributed by atoms with Gasteiger partial charge in [-0.25, -0.2) is 4.79 Å². The van der Waals surface area contributed by atoms with Crippen molar-refractivity contribution in [2.45, 2.75) is 23.6 Å². The van der Waals surface area contributed by atoms with Crippen molar-refractivity contribution in [3.05, 3.63) is 94.2 Å². The third-order valence-corrected chi connectivity index (χ3v) is 8.52. The number of hydrogen-bond acceptors (Lipinski definition) is 5. The molecule has 1 unspecified atom stereocenters. The molecule has 4 nitrogen and oxygen atoms in total. The largest absolute Gasteiger partial charge is 0.423 e. The van der Waals surface area contributed by atoms with Crippen LogP contribution in [0.4, 0.5) is 11.4 Å². The van der Waals surface area contributed by atoms with Crippen molar-refractivity contribution in [3.8, 4) is 0 Å². The van der Waals surface area contributed by atoms with Gasteiger partial charge in [-0.3, -0.25) is 4.48 Å². The first-order valence-electron chi connectivity index (χ1n) is 10.8. The lowest BCUT2D eigenvalue weighted by Gasteiger charge is -2.28. The molecular formula is C26H25N2O2S2+. The van der Waals surface area contributed by atoms with Crippen molar-refractivity contribution in [2.75, 3.05) is 25.0 Å². The van der Waals surface area contributed by atoms with Crippen molar-refractivity contribution in [2.24, 2.45) is 0 Å². The smallest absolute Gasteiger partial charge is 0.343 e. The van der Waals surface area contributed by atoms with Crippen LogP contribution in [0.5, 0.6) is 0 Å². The maximum Gasteiger partial charge on any atom is 0.343 e. The highest BCUT2D eigenvalue weighted by Crippen LogP contribution is 2.50. The second-order valence-electron chi connectivity index (χ2n) is 7.94. The molecule has 0 aromatic heterocycles. The van der Waals surface area contributed by atoms with Gasteiger partial charge in [-0.05, 0) is 62.0 Å². The topological polar surface area (TPSA) is 29.5 Å². The lowest BCUT2D eigenvalue weighted by Crippen LogP contribution is -2.40. The monoisotopic (exact) mass is 461 g/mol. The molecule has 0 saturated carbocycles. The summed E-state index contributed by atoms with van der Waals surface area (Å²) in [6.07, 6.45) is 7.75. The minimum absolute atomic E-state index is 0.302. The number of benzene rings is 2. The van der Waals surface area contributed by atoms with E-state index in [4.69, 9.17) is 4.74 Å². The predicted molar refractivity (Wildman–Crippen MR) is 134 cm³/mol. The lowest BCUT2D eigenvalue weighted by atomic mass is 10.2. The molecule has 162 valence electrons. The van der Waals surface area contributed by atoms with E-state index in [2.05, 4.69) is 74.3 Å². The molecule has 0 spiro atoms. The van der Waals surface area contributed by atoms with E-state index in [1.807, 2.05) is 24.3 Å². The number of esters is 1. The molecule has 5 rings (SSSR count). The standard InChI is InChI=1S/C26H25N2O2S2/c1-4-27-20-10-6-8-12-22(20)31-24(27)15-14-18-16-19(30-26(18)29)17-25-28(3,5-2)21-11-7-9-13-23(21)32-25/h6-17H,4-5H2,1-3H3/q+1/b18-14+,24-15+,25-17-. The molecule has 1 atom stereocenters. The molecule has 32 heavy (non-hydrogen) atoms. The summed E-state index contributed by atoms with van der Waals surface area (Å²) in [6.45, 7) is 6.12. The zero-order valence-corrected chi connectivity index (χ0v) is 20.0. The number of hydrogen-bond donors (Lipinski definition) is 0. The van der Waals surface area contributed by atoms with E-state index >= 15 is 0 Å². The Bertz CT molecular complexity index is 1230. The van der Waals surface area contributed by atoms with Crippen LogP contribution in [0.15, 0.2) is 104 Å². The zero-order valence-electron chi connectivity index (χ0n) is 18.4. The van der Waals surface area contributed by atoms with Gasteiger partial charge in [0.1, 0.15) is 5.76 Å². The summed E-state index contributed by atoms with van der Waals surface area (Å²) in [5.41, 5.74) is 3.08. The van der Waals surface area contributed by atoms with Gasteiger partial charge in [0, 0.05) is 23.6 Å². The van der Waals surface area contributed by atoms with E-state index in [9.17, 15) is 4.79 Å². The number of allylic oxidation sites excluding steroid dienone is 3. The van der Waals surface area contributed by atoms with Crippen molar-refractivity contribution in [1.82, 2.24) is 4.48 Å². The van der Waals surface area contributed by atoms with Crippen LogP contribution >= 0.6 is 23.5 Å². The number of fused-ring (bicyclic) bond motifs is 2. The number of nitrogens with zero attached hydrogens (tertiary/aromatic N) is 2. The zero-order chi connectivity index (χ0) is 22.3. The minimum Gasteiger partial charge on any atom is -0.423 e. The van der Waals surface area contributed by atoms with Crippen LogP contribution in [0.3, 0.4) is 0 Å². The Labute approximate surface area is 197 Å². The van der Waals surface area contributed by atoms with Crippen LogP contribution in [-0.4, -0.2) is 26.1 Å². The molecule has 6 heteroatoms. The van der Waals surface area contributed by atoms with E-state index in [1.54, 1.807) is 23.5 Å². The summed E-state index contributed by atoms with van der Waals surface area (Å²) in [7, 11) is 2.21. The van der Waals surface area contributed by atoms with Crippen LogP contribution < -0.4 is 9.38 Å². The van der Waals surface area contributed by atoms with E-state index in [0.29, 0.717) is 15.8 Å². The maximum atomic E-state index is 12.5. The van der Waals surface area contributed by atoms with Crippen LogP contribution in [-0.2, 0) is 9.53 Å². The minimum atomic E-state index is -0.302. The predicted octanol–water partition coefficient (Wildman–Crippen LogP) is 6.43. The normalized spacial score (nSPS) is 25.5. The fourth-order valence-electron chi connectivity index (χ4n) is 4.16. The Morgan fingerprint density at radius 3 is 2.53 bits per heavy atom. The summed E-state index contributed by atoms with van der Waals surface area (Å²) >= 11 is 3.47. The molecule has 0 radical (unpaired) electrons. The maximum absolute atomic E-state index is 12.5. The summed E-state index contributed by atoms with van der Waals surface area (Å²) in [4.78, 5) is 17.3. The lowest BCUT2D eigenvalue weighted by molar-refractivity contribution is -0.132. The van der Waals surface area contributed by atoms with Crippen LogP contribution in [0.25, 0.3) is 0 Å². The van der Waals surface area contributed by atoms with Crippen LogP contribution in [0.2, 0.25) is 0 Å². The Hall–Kier alpha value is -2.67. The van der Waals surface area contributed by atoms with E-state index in [0.717, 1.165) is 23.1 Å². The molecule has 0 bridgehead atoms. The van der Waals surface area contributed by atoms with Gasteiger partial charge in [0.05, 0.1) is 34.8 Å². The number of carbonyl (C=O) groups is 1. The van der Waals surface area contributed by atoms with Crippen LogP contribution in [0, 0.1) is 0 Å². The number of para-hydroxylation sites is 2. The average Bonchev–Trinajstić information content (AvgIpc) is 3.44. The molecule has 3 aliphatic heterocycles. The van der Waals surface area contributed by atoms with Crippen molar-refractivity contribution < 1.29 is 9.53 Å². The van der Waals surface area contributed by atoms with Gasteiger partial charge in [0.15, 0.2) is 10.7 Å². The number of anilines is 1. The van der Waals surface area contributed by atoms with Gasteiger partial charge in [0.25, 0.3) is 0 Å². The van der Waals surface area contributed by atoms with E-state index in [1.165, 1.54) is 21.2 Å². The third kappa shape index (κ3) is 3.52. The van der Waals surface area contributed by atoms with Gasteiger partial charge in [0.2, 0.25) is 0 Å². The number of rotatable bonds is 4. The molecule has 0 N–H and O–H groups in total. The van der Waals surface area contributed by atoms with Gasteiger partial charge in [-0.15, -0.1) is 0 Å². The summed E-state index contributed by atoms with van der Waals surface area (Å²) in [6, 6.07) is 16.8. The third-order valence-electron chi connectivity index (χ3n) is 6.10. The number of carbonyl (C=O) groups excluding carboxylic acids is 1. The second kappa shape index (κ2) is 8.35. The summed E-state index contributed by atoms with van der Waals surface area (Å²) in [5, 5.41) is 2.28. The first-order valence-corrected chi connectivity index (χ1v) is 12.4. The fourth-order valence-corrected chi connectivity index (χ4v) is 6.64. The van der Waals surface area contributed by atoms with Crippen LogP contribution in [0.1, 0.15) is 13.8 Å². The van der Waals surface area contributed by atoms with Crippen molar-refractivity contribution in [1.29, 1.82) is 0 Å². The van der Waals surface area contributed by atoms with E-state index < -0.39 is 0 Å². The molecule has 3 aliphatic rings. The molecule has 0 fully saturated rings. The molecule has 2 aromatic rings. The molecule has 0 saturated heterocycles. The fraction of sp³-hybridized carbons (Fsp3) is 0.192. The molecule has 2 aromatic carbocycles. The highest BCUT2D eigenvalue weighted by molar-refractivity contribution is 8.04. The molecule has 0 aliphatic carbocycles. The Morgan fingerprint density at radius 1 is 1.00 bits per heavy atom. The molecule has 3 heterocycles. The highest BCUT2D eigenvalue weighted by Gasteiger charge is 2.40. The molecular weight excluding hydrogens is 436 g/mol. The van der Waals surface area contributed by atoms with Gasteiger partial charge < -0.3 is 9.64 Å². The Morgan fingerprint density at radius 2 is 1.75 bits per heavy atom. The van der Waals surface area contributed by atoms with Gasteiger partial charge in [-0.2, -0.15) is 0 Å². The van der Waals surface area contributed by atoms with Gasteiger partial charge >= 0.3 is 5.97 Å². The summed E-state index contributed by atoms with van der Waals surface area (Å²) < 4.78 is 6.31. The first-order chi connectivity index (χ1) is 15.5. The molecule has 0 amide bonds. The number of thioether (sulfide) groups is 2. The Balaban J connectivity index is 1.42.